The second-order valence-corrected chi connectivity index (χ2v) is 9.92. The van der Waals surface area contributed by atoms with Crippen molar-refractivity contribution in [1.29, 1.82) is 0 Å². The number of fused-ring (bicyclic) bond motifs is 2. The second kappa shape index (κ2) is 14.8. The average molecular weight is 413 g/mol. The molecule has 0 saturated heterocycles. The lowest BCUT2D eigenvalue weighted by Crippen LogP contribution is -3.07. The summed E-state index contributed by atoms with van der Waals surface area (Å²) in [6.07, 6.45) is 37.1. The zero-order chi connectivity index (χ0) is 20.7. The zero-order valence-electron chi connectivity index (χ0n) is 19.6. The lowest BCUT2D eigenvalue weighted by molar-refractivity contribution is -0.842. The van der Waals surface area contributed by atoms with Crippen LogP contribution in [0.5, 0.6) is 0 Å². The Kier molecular flexibility index (Phi) is 11.6. The van der Waals surface area contributed by atoms with Crippen LogP contribution in [0.1, 0.15) is 103 Å². The molecule has 0 saturated carbocycles. The lowest BCUT2D eigenvalue weighted by Gasteiger charge is -2.18. The van der Waals surface area contributed by atoms with Crippen LogP contribution in [0.15, 0.2) is 47.9 Å². The van der Waals surface area contributed by atoms with Gasteiger partial charge in [0.25, 0.3) is 0 Å². The van der Waals surface area contributed by atoms with Crippen molar-refractivity contribution in [1.82, 2.24) is 0 Å². The second-order valence-electron chi connectivity index (χ2n) is 9.92. The molecule has 3 rings (SSSR count). The van der Waals surface area contributed by atoms with Crippen molar-refractivity contribution < 1.29 is 9.80 Å². The molecular weight excluding hydrogens is 364 g/mol. The third-order valence-electron chi connectivity index (χ3n) is 7.13. The molecule has 2 unspecified atom stereocenters. The Hall–Kier alpha value is -1.12. The van der Waals surface area contributed by atoms with E-state index in [2.05, 4.69) is 36.7 Å². The topological polar surface area (TPSA) is 8.88 Å². The summed E-state index contributed by atoms with van der Waals surface area (Å²) in [5, 5.41) is 0. The predicted molar refractivity (Wildman–Crippen MR) is 130 cm³/mol. The maximum atomic E-state index is 2.54. The summed E-state index contributed by atoms with van der Waals surface area (Å²) in [7, 11) is 0. The fourth-order valence-electron chi connectivity index (χ4n) is 5.25. The summed E-state index contributed by atoms with van der Waals surface area (Å²) in [5.41, 5.74) is 3.19. The maximum Gasteiger partial charge on any atom is 0.100 e. The van der Waals surface area contributed by atoms with Crippen LogP contribution in [-0.2, 0) is 0 Å². The van der Waals surface area contributed by atoms with E-state index in [-0.39, 0.29) is 0 Å². The van der Waals surface area contributed by atoms with E-state index in [9.17, 15) is 0 Å². The van der Waals surface area contributed by atoms with E-state index in [0.29, 0.717) is 0 Å². The molecule has 168 valence electrons. The van der Waals surface area contributed by atoms with E-state index in [1.807, 2.05) is 0 Å². The molecule has 30 heavy (non-hydrogen) atoms. The number of rotatable bonds is 0. The summed E-state index contributed by atoms with van der Waals surface area (Å²) in [4.78, 5) is 3.37. The van der Waals surface area contributed by atoms with E-state index in [1.165, 1.54) is 129 Å². The lowest BCUT2D eigenvalue weighted by atomic mass is 10.0. The molecule has 0 radical (unpaired) electrons. The van der Waals surface area contributed by atoms with Gasteiger partial charge in [0, 0.05) is 11.1 Å². The number of hydrogen-bond acceptors (Lipinski definition) is 0. The fraction of sp³-hybridized carbons (Fsp3) is 0.714. The molecule has 2 nitrogen and oxygen atoms in total. The molecule has 0 aromatic heterocycles. The number of nitrogens with one attached hydrogen (secondary N) is 2. The zero-order valence-corrected chi connectivity index (χ0v) is 19.6. The normalized spacial score (nSPS) is 28.8. The minimum absolute atomic E-state index is 1.20. The molecule has 0 aromatic rings. The summed E-state index contributed by atoms with van der Waals surface area (Å²) in [5.74, 6) is 0. The van der Waals surface area contributed by atoms with Gasteiger partial charge in [-0.15, -0.1) is 0 Å². The van der Waals surface area contributed by atoms with Gasteiger partial charge in [-0.3, -0.25) is 0 Å². The Balaban J connectivity index is 1.40. The van der Waals surface area contributed by atoms with Crippen LogP contribution in [0.25, 0.3) is 0 Å². The predicted octanol–water partition coefficient (Wildman–Crippen LogP) is 4.92. The molecule has 0 aromatic carbocycles. The van der Waals surface area contributed by atoms with Crippen molar-refractivity contribution in [3.05, 3.63) is 47.9 Å². The first kappa shape index (κ1) is 23.5. The van der Waals surface area contributed by atoms with Crippen LogP contribution in [0, 0.1) is 0 Å². The standard InChI is InChI=1S/C28H46N2/c1-2-5-9-13-21-29-23-16-20-28(26-29)18-12-8-4-6-10-14-22-30-24-15-19-27(25-30)17-11-7-3-1/h15-16,19-20,25-26H,1-14,17-18,21-24H2/p+2. The third-order valence-corrected chi connectivity index (χ3v) is 7.13. The fourth-order valence-corrected chi connectivity index (χ4v) is 5.25. The van der Waals surface area contributed by atoms with Gasteiger partial charge in [-0.25, -0.2) is 0 Å². The monoisotopic (exact) mass is 412 g/mol. The molecule has 4 bridgehead atoms. The van der Waals surface area contributed by atoms with Crippen LogP contribution in [0.3, 0.4) is 0 Å². The number of hydrogen-bond donors (Lipinski definition) is 2. The number of quaternary nitrogens is 2. The van der Waals surface area contributed by atoms with Gasteiger partial charge in [-0.2, -0.15) is 0 Å². The van der Waals surface area contributed by atoms with Crippen LogP contribution in [0.4, 0.5) is 0 Å². The highest BCUT2D eigenvalue weighted by Gasteiger charge is 2.11. The minimum atomic E-state index is 1.20. The molecule has 2 atom stereocenters. The Labute approximate surface area is 186 Å². The van der Waals surface area contributed by atoms with Gasteiger partial charge >= 0.3 is 0 Å². The Morgan fingerprint density at radius 3 is 1.23 bits per heavy atom. The van der Waals surface area contributed by atoms with Crippen LogP contribution < -0.4 is 9.80 Å². The van der Waals surface area contributed by atoms with Gasteiger partial charge in [0.15, 0.2) is 0 Å². The van der Waals surface area contributed by atoms with E-state index < -0.39 is 0 Å². The van der Waals surface area contributed by atoms with Crippen LogP contribution >= 0.6 is 0 Å². The van der Waals surface area contributed by atoms with Crippen molar-refractivity contribution in [3.63, 3.8) is 0 Å². The van der Waals surface area contributed by atoms with Gasteiger partial charge in [-0.1, -0.05) is 63.5 Å². The van der Waals surface area contributed by atoms with E-state index >= 15 is 0 Å². The van der Waals surface area contributed by atoms with Crippen LogP contribution in [-0.4, -0.2) is 26.2 Å². The van der Waals surface area contributed by atoms with E-state index in [0.717, 1.165) is 0 Å². The molecule has 2 N–H and O–H groups in total. The Morgan fingerprint density at radius 1 is 0.433 bits per heavy atom. The van der Waals surface area contributed by atoms with E-state index in [4.69, 9.17) is 0 Å². The molecular formula is C28H48N2+2. The van der Waals surface area contributed by atoms with Gasteiger partial charge in [0.1, 0.15) is 13.1 Å². The molecule has 0 amide bonds. The molecule has 2 heteroatoms. The first-order valence-electron chi connectivity index (χ1n) is 13.3. The van der Waals surface area contributed by atoms with Gasteiger partial charge < -0.3 is 9.80 Å². The van der Waals surface area contributed by atoms with Gasteiger partial charge in [-0.05, 0) is 63.5 Å². The molecule has 0 fully saturated rings. The summed E-state index contributed by atoms with van der Waals surface area (Å²) >= 11 is 0. The molecule has 0 spiro atoms. The van der Waals surface area contributed by atoms with Crippen LogP contribution in [0.2, 0.25) is 0 Å². The highest BCUT2D eigenvalue weighted by atomic mass is 15.1. The van der Waals surface area contributed by atoms with Crippen molar-refractivity contribution in [2.75, 3.05) is 26.2 Å². The van der Waals surface area contributed by atoms with Gasteiger partial charge in [0.2, 0.25) is 0 Å². The molecule has 3 aliphatic heterocycles. The highest BCUT2D eigenvalue weighted by Crippen LogP contribution is 2.15. The van der Waals surface area contributed by atoms with Gasteiger partial charge in [0.05, 0.1) is 25.5 Å². The molecule has 3 heterocycles. The third kappa shape index (κ3) is 9.79. The first-order chi connectivity index (χ1) is 14.9. The van der Waals surface area contributed by atoms with Crippen molar-refractivity contribution in [3.8, 4) is 0 Å². The summed E-state index contributed by atoms with van der Waals surface area (Å²) in [6.45, 7) is 5.05. The smallest absolute Gasteiger partial charge is 0.100 e. The van der Waals surface area contributed by atoms with E-state index in [1.54, 1.807) is 20.9 Å². The quantitative estimate of drug-likeness (QED) is 0.559. The largest absolute Gasteiger partial charge is 0.305 e. The average Bonchev–Trinajstić information content (AvgIpc) is 2.77. The van der Waals surface area contributed by atoms with Crippen molar-refractivity contribution in [2.24, 2.45) is 0 Å². The minimum Gasteiger partial charge on any atom is -0.305 e. The Bertz CT molecular complexity index is 583. The molecule has 0 aliphatic carbocycles. The van der Waals surface area contributed by atoms with Crippen molar-refractivity contribution in [2.45, 2.75) is 103 Å². The first-order valence-corrected chi connectivity index (χ1v) is 13.3. The Morgan fingerprint density at radius 2 is 0.800 bits per heavy atom. The summed E-state index contributed by atoms with van der Waals surface area (Å²) < 4.78 is 0. The van der Waals surface area contributed by atoms with Crippen molar-refractivity contribution >= 4 is 0 Å². The highest BCUT2D eigenvalue weighted by molar-refractivity contribution is 5.18. The number of allylic oxidation sites excluding steroid dienone is 4. The summed E-state index contributed by atoms with van der Waals surface area (Å²) in [6, 6.07) is 0. The molecule has 3 aliphatic rings. The SMILES string of the molecule is C1=CC2=C[NH+](C1)CCCCCCCCCCC1=C[NH+](CC=C1)CCCCCCCC2. The maximum absolute atomic E-state index is 2.54.